The Bertz CT molecular complexity index is 1150. The molecule has 1 aliphatic rings. The van der Waals surface area contributed by atoms with Crippen LogP contribution in [0.15, 0.2) is 47.3 Å². The molecule has 0 amide bonds. The van der Waals surface area contributed by atoms with E-state index in [1.807, 2.05) is 19.1 Å². The lowest BCUT2D eigenvalue weighted by Crippen LogP contribution is -2.44. The minimum absolute atomic E-state index is 0.0772. The number of hydrogen-bond donors (Lipinski definition) is 2. The van der Waals surface area contributed by atoms with E-state index < -0.39 is 0 Å². The number of benzene rings is 2. The van der Waals surface area contributed by atoms with Gasteiger partial charge in [0.1, 0.15) is 5.82 Å². The Morgan fingerprint density at radius 1 is 1.10 bits per heavy atom. The summed E-state index contributed by atoms with van der Waals surface area (Å²) in [4.78, 5) is 18.2. The zero-order chi connectivity index (χ0) is 22.0. The molecule has 1 saturated carbocycles. The van der Waals surface area contributed by atoms with Crippen molar-refractivity contribution in [1.29, 1.82) is 0 Å². The van der Waals surface area contributed by atoms with Crippen molar-refractivity contribution in [3.8, 4) is 0 Å². The van der Waals surface area contributed by atoms with Crippen molar-refractivity contribution in [3.63, 3.8) is 0 Å². The molecule has 1 aliphatic carbocycles. The number of H-pyrrole nitrogens is 1. The molecule has 3 aromatic rings. The van der Waals surface area contributed by atoms with E-state index in [0.717, 1.165) is 53.4 Å². The maximum absolute atomic E-state index is 13.3. The van der Waals surface area contributed by atoms with Crippen LogP contribution in [0.25, 0.3) is 10.9 Å². The zero-order valence-corrected chi connectivity index (χ0v) is 18.8. The molecule has 1 fully saturated rings. The van der Waals surface area contributed by atoms with Gasteiger partial charge in [-0.05, 0) is 80.4 Å². The first-order valence-electron chi connectivity index (χ1n) is 10.9. The summed E-state index contributed by atoms with van der Waals surface area (Å²) in [6.45, 7) is 4.51. The predicted octanol–water partition coefficient (Wildman–Crippen LogP) is 5.82. The average Bonchev–Trinajstić information content (AvgIpc) is 2.77. The van der Waals surface area contributed by atoms with Crippen LogP contribution in [0.2, 0.25) is 0 Å². The highest BCUT2D eigenvalue weighted by atomic mass is 32.1. The Morgan fingerprint density at radius 3 is 2.48 bits per heavy atom. The fourth-order valence-electron chi connectivity index (χ4n) is 4.41. The lowest BCUT2D eigenvalue weighted by Gasteiger charge is -2.36. The van der Waals surface area contributed by atoms with Crippen molar-refractivity contribution in [1.82, 2.24) is 9.88 Å². The number of nitrogens with one attached hydrogen (secondary N) is 2. The summed E-state index contributed by atoms with van der Waals surface area (Å²) in [6.07, 6.45) is 5.65. The van der Waals surface area contributed by atoms with Gasteiger partial charge in [0.2, 0.25) is 0 Å². The van der Waals surface area contributed by atoms with Gasteiger partial charge in [0.15, 0.2) is 5.11 Å². The quantitative estimate of drug-likeness (QED) is 0.505. The van der Waals surface area contributed by atoms with Crippen molar-refractivity contribution >= 4 is 33.9 Å². The number of pyridine rings is 1. The Hall–Kier alpha value is -2.73. The molecule has 0 bridgehead atoms. The van der Waals surface area contributed by atoms with E-state index in [1.54, 1.807) is 12.1 Å². The molecule has 0 unspecified atom stereocenters. The molecule has 0 spiro atoms. The first-order valence-corrected chi connectivity index (χ1v) is 11.3. The number of anilines is 1. The first-order chi connectivity index (χ1) is 14.9. The Morgan fingerprint density at radius 2 is 1.77 bits per heavy atom. The molecule has 1 heterocycles. The molecule has 2 N–H and O–H groups in total. The Kier molecular flexibility index (Phi) is 6.37. The van der Waals surface area contributed by atoms with Gasteiger partial charge in [-0.1, -0.05) is 31.4 Å². The second-order valence-electron chi connectivity index (χ2n) is 8.47. The fourth-order valence-corrected chi connectivity index (χ4v) is 4.74. The van der Waals surface area contributed by atoms with Crippen LogP contribution < -0.4 is 10.9 Å². The summed E-state index contributed by atoms with van der Waals surface area (Å²) in [5, 5.41) is 4.88. The molecular weight excluding hydrogens is 409 g/mol. The number of aryl methyl sites for hydroxylation is 2. The van der Waals surface area contributed by atoms with Gasteiger partial charge in [0.05, 0.1) is 12.1 Å². The minimum Gasteiger partial charge on any atom is -0.342 e. The van der Waals surface area contributed by atoms with Crippen molar-refractivity contribution < 1.29 is 4.39 Å². The van der Waals surface area contributed by atoms with Crippen LogP contribution in [0, 0.1) is 19.7 Å². The number of halogens is 1. The maximum Gasteiger partial charge on any atom is 0.253 e. The number of nitrogens with zero attached hydrogens (tertiary/aromatic N) is 1. The third kappa shape index (κ3) is 4.79. The third-order valence-electron chi connectivity index (χ3n) is 6.23. The van der Waals surface area contributed by atoms with E-state index in [4.69, 9.17) is 12.2 Å². The normalized spacial score (nSPS) is 14.5. The van der Waals surface area contributed by atoms with Gasteiger partial charge in [0.25, 0.3) is 5.56 Å². The summed E-state index contributed by atoms with van der Waals surface area (Å²) in [5.74, 6) is -0.283. The first kappa shape index (κ1) is 21.5. The summed E-state index contributed by atoms with van der Waals surface area (Å²) < 4.78 is 13.3. The minimum atomic E-state index is -0.283. The van der Waals surface area contributed by atoms with E-state index in [1.165, 1.54) is 18.6 Å². The van der Waals surface area contributed by atoms with Gasteiger partial charge in [-0.3, -0.25) is 4.79 Å². The van der Waals surface area contributed by atoms with Gasteiger partial charge in [-0.15, -0.1) is 0 Å². The highest BCUT2D eigenvalue weighted by molar-refractivity contribution is 7.80. The van der Waals surface area contributed by atoms with Crippen molar-refractivity contribution in [3.05, 3.63) is 75.3 Å². The van der Waals surface area contributed by atoms with E-state index in [-0.39, 0.29) is 17.4 Å². The molecule has 4 nitrogen and oxygen atoms in total. The number of fused-ring (bicyclic) bond motifs is 1. The van der Waals surface area contributed by atoms with Crippen LogP contribution in [0.5, 0.6) is 0 Å². The molecular formula is C25H28FN3OS. The van der Waals surface area contributed by atoms with Gasteiger partial charge in [-0.2, -0.15) is 0 Å². The van der Waals surface area contributed by atoms with Crippen LogP contribution in [-0.4, -0.2) is 21.0 Å². The molecule has 1 aromatic heterocycles. The molecule has 2 aromatic carbocycles. The summed E-state index contributed by atoms with van der Waals surface area (Å²) >= 11 is 5.76. The highest BCUT2D eigenvalue weighted by Gasteiger charge is 2.25. The second-order valence-corrected chi connectivity index (χ2v) is 8.86. The van der Waals surface area contributed by atoms with E-state index in [0.29, 0.717) is 17.2 Å². The highest BCUT2D eigenvalue weighted by Crippen LogP contribution is 2.26. The van der Waals surface area contributed by atoms with E-state index in [2.05, 4.69) is 28.2 Å². The van der Waals surface area contributed by atoms with Gasteiger partial charge >= 0.3 is 0 Å². The third-order valence-corrected chi connectivity index (χ3v) is 6.57. The topological polar surface area (TPSA) is 48.1 Å². The number of rotatable bonds is 4. The predicted molar refractivity (Wildman–Crippen MR) is 129 cm³/mol. The summed E-state index contributed by atoms with van der Waals surface area (Å²) in [7, 11) is 0. The number of hydrogen-bond acceptors (Lipinski definition) is 2. The molecule has 4 rings (SSSR count). The zero-order valence-electron chi connectivity index (χ0n) is 18.0. The number of aromatic amines is 1. The van der Waals surface area contributed by atoms with Crippen molar-refractivity contribution in [2.24, 2.45) is 0 Å². The van der Waals surface area contributed by atoms with Crippen LogP contribution in [0.3, 0.4) is 0 Å². The van der Waals surface area contributed by atoms with Gasteiger partial charge in [-0.25, -0.2) is 4.39 Å². The van der Waals surface area contributed by atoms with Gasteiger partial charge in [0, 0.05) is 22.7 Å². The van der Waals surface area contributed by atoms with Crippen LogP contribution in [-0.2, 0) is 6.54 Å². The maximum atomic E-state index is 13.3. The van der Waals surface area contributed by atoms with Crippen LogP contribution in [0.1, 0.15) is 48.8 Å². The SMILES string of the molecule is Cc1ccc(C)c2[nH]c(=O)c(CN(C(=S)Nc3ccc(F)cc3)C3CCCCC3)cc12. The van der Waals surface area contributed by atoms with Crippen LogP contribution >= 0.6 is 12.2 Å². The smallest absolute Gasteiger partial charge is 0.253 e. The van der Waals surface area contributed by atoms with Crippen LogP contribution in [0.4, 0.5) is 10.1 Å². The van der Waals surface area contributed by atoms with Gasteiger partial charge < -0.3 is 15.2 Å². The summed E-state index contributed by atoms with van der Waals surface area (Å²) in [5.41, 5.74) is 4.45. The molecule has 31 heavy (non-hydrogen) atoms. The molecule has 0 atom stereocenters. The standard InChI is InChI=1S/C25H28FN3OS/c1-16-8-9-17(2)23-22(16)14-18(24(30)28-23)15-29(21-6-4-3-5-7-21)25(31)27-20-12-10-19(26)11-13-20/h8-14,21H,3-7,15H2,1-2H3,(H,27,31)(H,28,30). The second kappa shape index (κ2) is 9.18. The summed E-state index contributed by atoms with van der Waals surface area (Å²) in [6, 6.07) is 12.6. The average molecular weight is 438 g/mol. The monoisotopic (exact) mass is 437 g/mol. The van der Waals surface area contributed by atoms with E-state index >= 15 is 0 Å². The Balaban J connectivity index is 1.66. The number of aromatic nitrogens is 1. The molecule has 0 aliphatic heterocycles. The Labute approximate surface area is 187 Å². The number of thiocarbonyl (C=S) groups is 1. The molecule has 6 heteroatoms. The van der Waals surface area contributed by atoms with Crippen molar-refractivity contribution in [2.75, 3.05) is 5.32 Å². The molecule has 0 radical (unpaired) electrons. The fraction of sp³-hybridized carbons (Fsp3) is 0.360. The molecule has 0 saturated heterocycles. The van der Waals surface area contributed by atoms with E-state index in [9.17, 15) is 9.18 Å². The lowest BCUT2D eigenvalue weighted by atomic mass is 9.94. The lowest BCUT2D eigenvalue weighted by molar-refractivity contribution is 0.240. The molecule has 162 valence electrons. The largest absolute Gasteiger partial charge is 0.342 e. The van der Waals surface area contributed by atoms with Crippen molar-refractivity contribution in [2.45, 2.75) is 58.5 Å².